The summed E-state index contributed by atoms with van der Waals surface area (Å²) in [7, 11) is 0. The number of benzene rings is 1. The zero-order valence-corrected chi connectivity index (χ0v) is 17.1. The SMILES string of the molecule is Cc1nnc(SCCNC(=O)C[C@@H]2C(=O)NCCN2Cc2cccc(F)c2)s1. The number of amides is 2. The molecule has 1 saturated heterocycles. The Bertz CT molecular complexity index is 832. The van der Waals surface area contributed by atoms with Crippen LogP contribution in [0.25, 0.3) is 0 Å². The normalized spacial score (nSPS) is 17.4. The van der Waals surface area contributed by atoms with Gasteiger partial charge in [-0.2, -0.15) is 0 Å². The van der Waals surface area contributed by atoms with Crippen LogP contribution < -0.4 is 10.6 Å². The first-order valence-electron chi connectivity index (χ1n) is 8.97. The van der Waals surface area contributed by atoms with Crippen molar-refractivity contribution in [3.05, 3.63) is 40.7 Å². The number of rotatable bonds is 8. The van der Waals surface area contributed by atoms with E-state index in [2.05, 4.69) is 20.8 Å². The molecule has 2 amide bonds. The summed E-state index contributed by atoms with van der Waals surface area (Å²) in [6.45, 7) is 3.95. The van der Waals surface area contributed by atoms with Crippen LogP contribution in [0.1, 0.15) is 17.0 Å². The van der Waals surface area contributed by atoms with Crippen molar-refractivity contribution >= 4 is 34.9 Å². The maximum atomic E-state index is 13.4. The number of nitrogens with zero attached hydrogens (tertiary/aromatic N) is 3. The molecule has 28 heavy (non-hydrogen) atoms. The second-order valence-electron chi connectivity index (χ2n) is 6.40. The van der Waals surface area contributed by atoms with Crippen LogP contribution in [0.15, 0.2) is 28.6 Å². The number of hydrogen-bond acceptors (Lipinski definition) is 7. The molecule has 1 aliphatic rings. The zero-order valence-electron chi connectivity index (χ0n) is 15.5. The average Bonchev–Trinajstić information content (AvgIpc) is 3.07. The molecule has 150 valence electrons. The Balaban J connectivity index is 1.49. The van der Waals surface area contributed by atoms with Crippen LogP contribution >= 0.6 is 23.1 Å². The number of thioether (sulfide) groups is 1. The molecule has 3 rings (SSSR count). The van der Waals surface area contributed by atoms with Crippen molar-refractivity contribution in [2.24, 2.45) is 0 Å². The number of aromatic nitrogens is 2. The molecule has 0 saturated carbocycles. The topological polar surface area (TPSA) is 87.2 Å². The van der Waals surface area contributed by atoms with Gasteiger partial charge in [0, 0.05) is 31.9 Å². The molecule has 7 nitrogen and oxygen atoms in total. The van der Waals surface area contributed by atoms with Crippen LogP contribution in [0.2, 0.25) is 0 Å². The number of carbonyl (C=O) groups excluding carboxylic acids is 2. The molecule has 1 fully saturated rings. The van der Waals surface area contributed by atoms with Gasteiger partial charge in [-0.1, -0.05) is 35.2 Å². The van der Waals surface area contributed by atoms with Crippen LogP contribution in [0.3, 0.4) is 0 Å². The van der Waals surface area contributed by atoms with Gasteiger partial charge in [-0.25, -0.2) is 4.39 Å². The van der Waals surface area contributed by atoms with Crippen molar-refractivity contribution < 1.29 is 14.0 Å². The van der Waals surface area contributed by atoms with E-state index in [1.165, 1.54) is 35.2 Å². The highest BCUT2D eigenvalue weighted by atomic mass is 32.2. The molecule has 1 aromatic heterocycles. The van der Waals surface area contributed by atoms with Gasteiger partial charge in [0.1, 0.15) is 10.8 Å². The minimum atomic E-state index is -0.560. The minimum absolute atomic E-state index is 0.0731. The highest BCUT2D eigenvalue weighted by molar-refractivity contribution is 8.01. The minimum Gasteiger partial charge on any atom is -0.355 e. The van der Waals surface area contributed by atoms with E-state index >= 15 is 0 Å². The van der Waals surface area contributed by atoms with Crippen LogP contribution in [-0.4, -0.2) is 58.3 Å². The van der Waals surface area contributed by atoms with Gasteiger partial charge in [-0.05, 0) is 24.6 Å². The summed E-state index contributed by atoms with van der Waals surface area (Å²) < 4.78 is 14.3. The molecular formula is C18H22FN5O2S2. The van der Waals surface area contributed by atoms with Crippen molar-refractivity contribution in [2.75, 3.05) is 25.4 Å². The highest BCUT2D eigenvalue weighted by Gasteiger charge is 2.31. The van der Waals surface area contributed by atoms with E-state index in [-0.39, 0.29) is 24.1 Å². The fourth-order valence-corrected chi connectivity index (χ4v) is 4.70. The molecule has 1 aliphatic heterocycles. The Hall–Kier alpha value is -2.04. The van der Waals surface area contributed by atoms with Gasteiger partial charge < -0.3 is 10.6 Å². The van der Waals surface area contributed by atoms with E-state index in [1.54, 1.807) is 6.07 Å². The first kappa shape index (κ1) is 20.7. The lowest BCUT2D eigenvalue weighted by molar-refractivity contribution is -0.134. The molecule has 0 spiro atoms. The zero-order chi connectivity index (χ0) is 19.9. The molecule has 2 heterocycles. The third-order valence-corrected chi connectivity index (χ3v) is 6.23. The first-order valence-corrected chi connectivity index (χ1v) is 10.8. The van der Waals surface area contributed by atoms with E-state index in [1.807, 2.05) is 17.9 Å². The molecule has 0 bridgehead atoms. The third-order valence-electron chi connectivity index (χ3n) is 4.25. The molecular weight excluding hydrogens is 401 g/mol. The van der Waals surface area contributed by atoms with Crippen molar-refractivity contribution in [3.63, 3.8) is 0 Å². The first-order chi connectivity index (χ1) is 13.5. The molecule has 1 aromatic carbocycles. The second-order valence-corrected chi connectivity index (χ2v) is 8.92. The number of hydrogen-bond donors (Lipinski definition) is 2. The standard InChI is InChI=1S/C18H22FN5O2S2/c1-12-22-23-18(28-12)27-8-6-20-16(25)10-15-17(26)21-5-7-24(15)11-13-3-2-4-14(19)9-13/h2-4,9,15H,5-8,10-11H2,1H3,(H,20,25)(H,21,26)/t15-/m1/s1. The summed E-state index contributed by atoms with van der Waals surface area (Å²) in [5, 5.41) is 14.5. The largest absolute Gasteiger partial charge is 0.355 e. The van der Waals surface area contributed by atoms with Crippen molar-refractivity contribution in [2.45, 2.75) is 30.3 Å². The molecule has 0 unspecified atom stereocenters. The fourth-order valence-electron chi connectivity index (χ4n) is 2.96. The summed E-state index contributed by atoms with van der Waals surface area (Å²) in [6, 6.07) is 5.75. The van der Waals surface area contributed by atoms with E-state index in [4.69, 9.17) is 0 Å². The van der Waals surface area contributed by atoms with Gasteiger partial charge >= 0.3 is 0 Å². The Kier molecular flexibility index (Phi) is 7.35. The van der Waals surface area contributed by atoms with Crippen molar-refractivity contribution in [1.29, 1.82) is 0 Å². The van der Waals surface area contributed by atoms with Crippen LogP contribution in [0.5, 0.6) is 0 Å². The van der Waals surface area contributed by atoms with E-state index in [9.17, 15) is 14.0 Å². The van der Waals surface area contributed by atoms with Gasteiger partial charge in [-0.15, -0.1) is 10.2 Å². The monoisotopic (exact) mass is 423 g/mol. The lowest BCUT2D eigenvalue weighted by Crippen LogP contribution is -2.56. The van der Waals surface area contributed by atoms with Crippen LogP contribution in [0.4, 0.5) is 4.39 Å². The predicted octanol–water partition coefficient (Wildman–Crippen LogP) is 1.58. The summed E-state index contributed by atoms with van der Waals surface area (Å²) in [4.78, 5) is 26.5. The van der Waals surface area contributed by atoms with E-state index in [0.717, 1.165) is 14.9 Å². The van der Waals surface area contributed by atoms with E-state index in [0.29, 0.717) is 31.9 Å². The number of carbonyl (C=O) groups is 2. The molecule has 10 heteroatoms. The van der Waals surface area contributed by atoms with Gasteiger partial charge in [0.15, 0.2) is 4.34 Å². The van der Waals surface area contributed by atoms with Gasteiger partial charge in [0.05, 0.1) is 12.5 Å². The molecule has 0 radical (unpaired) electrons. The smallest absolute Gasteiger partial charge is 0.237 e. The third kappa shape index (κ3) is 5.98. The second kappa shape index (κ2) is 9.94. The number of piperazine rings is 1. The Morgan fingerprint density at radius 2 is 2.32 bits per heavy atom. The van der Waals surface area contributed by atoms with Crippen LogP contribution in [-0.2, 0) is 16.1 Å². The summed E-state index contributed by atoms with van der Waals surface area (Å²) in [6.07, 6.45) is 0.0731. The van der Waals surface area contributed by atoms with Gasteiger partial charge in [0.25, 0.3) is 0 Å². The maximum Gasteiger partial charge on any atom is 0.237 e. The predicted molar refractivity (Wildman–Crippen MR) is 107 cm³/mol. The van der Waals surface area contributed by atoms with Crippen molar-refractivity contribution in [3.8, 4) is 0 Å². The average molecular weight is 424 g/mol. The molecule has 2 aromatic rings. The summed E-state index contributed by atoms with van der Waals surface area (Å²) >= 11 is 3.06. The quantitative estimate of drug-likeness (QED) is 0.495. The molecule has 2 N–H and O–H groups in total. The van der Waals surface area contributed by atoms with Gasteiger partial charge in [-0.3, -0.25) is 14.5 Å². The Morgan fingerprint density at radius 3 is 3.07 bits per heavy atom. The summed E-state index contributed by atoms with van der Waals surface area (Å²) in [5.74, 6) is 0.0257. The van der Waals surface area contributed by atoms with E-state index < -0.39 is 6.04 Å². The number of halogens is 1. The maximum absolute atomic E-state index is 13.4. The van der Waals surface area contributed by atoms with Crippen molar-refractivity contribution in [1.82, 2.24) is 25.7 Å². The summed E-state index contributed by atoms with van der Waals surface area (Å²) in [5.41, 5.74) is 0.781. The lowest BCUT2D eigenvalue weighted by atomic mass is 10.1. The number of nitrogens with one attached hydrogen (secondary N) is 2. The Labute approximate surface area is 171 Å². The Morgan fingerprint density at radius 1 is 1.46 bits per heavy atom. The lowest BCUT2D eigenvalue weighted by Gasteiger charge is -2.34. The molecule has 0 aliphatic carbocycles. The fraction of sp³-hybridized carbons (Fsp3) is 0.444. The molecule has 1 atom stereocenters. The van der Waals surface area contributed by atoms with Gasteiger partial charge in [0.2, 0.25) is 11.8 Å². The number of aryl methyl sites for hydroxylation is 1. The van der Waals surface area contributed by atoms with Crippen LogP contribution in [0, 0.1) is 12.7 Å². The highest BCUT2D eigenvalue weighted by Crippen LogP contribution is 2.21.